The normalized spacial score (nSPS) is 27.2. The molecule has 2 N–H and O–H groups in total. The number of nitrogens with zero attached hydrogens (tertiary/aromatic N) is 3. The van der Waals surface area contributed by atoms with Crippen LogP contribution in [0.5, 0.6) is 0 Å². The number of urea groups is 1. The number of carbonyl (C=O) groups excluding carboxylic acids is 3. The van der Waals surface area contributed by atoms with Crippen molar-refractivity contribution in [1.82, 2.24) is 20.1 Å². The molecule has 0 unspecified atom stereocenters. The highest BCUT2D eigenvalue weighted by Gasteiger charge is 2.49. The van der Waals surface area contributed by atoms with E-state index in [2.05, 4.69) is 9.60 Å². The van der Waals surface area contributed by atoms with Gasteiger partial charge in [0.25, 0.3) is 7.41 Å². The van der Waals surface area contributed by atoms with Gasteiger partial charge in [-0.15, -0.1) is 4.28 Å². The van der Waals surface area contributed by atoms with Gasteiger partial charge in [-0.2, -0.15) is 13.5 Å². The van der Waals surface area contributed by atoms with Crippen molar-refractivity contribution < 1.29 is 31.6 Å². The zero-order valence-corrected chi connectivity index (χ0v) is 16.2. The van der Waals surface area contributed by atoms with Crippen molar-refractivity contribution in [2.75, 3.05) is 19.6 Å². The smallest absolute Gasteiger partial charge is 0.352 e. The highest BCUT2D eigenvalue weighted by atomic mass is 32.3. The van der Waals surface area contributed by atoms with Crippen LogP contribution in [0.3, 0.4) is 0 Å². The summed E-state index contributed by atoms with van der Waals surface area (Å²) in [4.78, 5) is 39.0. The number of hydroxylamine groups is 2. The molecule has 3 fully saturated rings. The highest BCUT2D eigenvalue weighted by molar-refractivity contribution is 7.80. The first kappa shape index (κ1) is 21.0. The van der Waals surface area contributed by atoms with Crippen molar-refractivity contribution in [2.24, 2.45) is 0 Å². The average Bonchev–Trinajstić information content (AvgIpc) is 2.82. The van der Waals surface area contributed by atoms with Crippen LogP contribution in [-0.2, 0) is 24.3 Å². The molecule has 0 aliphatic carbocycles. The summed E-state index contributed by atoms with van der Waals surface area (Å²) in [7, 11) is -3.27. The highest BCUT2D eigenvalue weighted by Crippen LogP contribution is 2.31. The number of hydrogen-bond donors (Lipinski definition) is 2. The molecule has 2 atom stereocenters. The lowest BCUT2D eigenvalue weighted by Gasteiger charge is -2.32. The van der Waals surface area contributed by atoms with E-state index in [0.29, 0.717) is 17.9 Å². The van der Waals surface area contributed by atoms with Crippen LogP contribution < -0.4 is 5.32 Å². The van der Waals surface area contributed by atoms with Gasteiger partial charge >= 0.3 is 16.4 Å². The molecule has 28 heavy (non-hydrogen) atoms. The summed E-state index contributed by atoms with van der Waals surface area (Å²) in [5.41, 5.74) is 0. The van der Waals surface area contributed by atoms with Crippen molar-refractivity contribution in [3.05, 3.63) is 0 Å². The third-order valence-electron chi connectivity index (χ3n) is 5.41. The maximum Gasteiger partial charge on any atom is 0.418 e. The van der Waals surface area contributed by atoms with Crippen LogP contribution in [-0.4, -0.2) is 91.0 Å². The van der Waals surface area contributed by atoms with E-state index in [1.165, 1.54) is 12.3 Å². The van der Waals surface area contributed by atoms with Gasteiger partial charge in [-0.1, -0.05) is 0 Å². The molecule has 3 saturated heterocycles. The number of hydrogen-bond acceptors (Lipinski definition) is 7. The van der Waals surface area contributed by atoms with Crippen LogP contribution >= 0.6 is 0 Å². The molecule has 13 heteroatoms. The van der Waals surface area contributed by atoms with E-state index in [-0.39, 0.29) is 18.5 Å². The molecule has 3 aliphatic rings. The van der Waals surface area contributed by atoms with Crippen LogP contribution in [0, 0.1) is 0 Å². The van der Waals surface area contributed by atoms with Crippen LogP contribution in [0.4, 0.5) is 4.79 Å². The molecule has 3 aliphatic heterocycles. The fourth-order valence-electron chi connectivity index (χ4n) is 4.12. The van der Waals surface area contributed by atoms with E-state index in [4.69, 9.17) is 4.55 Å². The first-order valence-corrected chi connectivity index (χ1v) is 10.7. The second-order valence-corrected chi connectivity index (χ2v) is 8.33. The van der Waals surface area contributed by atoms with Crippen molar-refractivity contribution in [1.29, 1.82) is 0 Å². The van der Waals surface area contributed by atoms with E-state index < -0.39 is 28.5 Å². The summed E-state index contributed by atoms with van der Waals surface area (Å²) in [6.07, 6.45) is 4.78. The molecule has 11 nitrogen and oxygen atoms in total. The fraction of sp³-hybridized carbons (Fsp3) is 0.800. The molecule has 3 rings (SSSR count). The predicted octanol–water partition coefficient (Wildman–Crippen LogP) is -0.840. The molecular weight excluding hydrogens is 391 g/mol. The summed E-state index contributed by atoms with van der Waals surface area (Å²) in [5, 5.41) is 3.65. The Bertz CT molecular complexity index is 711. The summed E-state index contributed by atoms with van der Waals surface area (Å²) < 4.78 is 35.1. The maximum absolute atomic E-state index is 12.8. The minimum absolute atomic E-state index is 0.00789. The zero-order valence-electron chi connectivity index (χ0n) is 15.4. The minimum atomic E-state index is -4.81. The molecule has 2 bridgehead atoms. The van der Waals surface area contributed by atoms with Gasteiger partial charge in [0, 0.05) is 12.6 Å². The number of piperidine rings is 1. The van der Waals surface area contributed by atoms with Gasteiger partial charge < -0.3 is 19.8 Å². The van der Waals surface area contributed by atoms with E-state index in [9.17, 15) is 22.8 Å². The van der Waals surface area contributed by atoms with Gasteiger partial charge in [0.1, 0.15) is 6.04 Å². The number of rotatable bonds is 6. The van der Waals surface area contributed by atoms with Crippen LogP contribution in [0.15, 0.2) is 0 Å². The molecule has 1 radical (unpaired) electrons. The van der Waals surface area contributed by atoms with Crippen molar-refractivity contribution >= 4 is 35.9 Å². The van der Waals surface area contributed by atoms with Gasteiger partial charge in [0.15, 0.2) is 0 Å². The zero-order chi connectivity index (χ0) is 20.3. The Morgan fingerprint density at radius 3 is 2.50 bits per heavy atom. The topological polar surface area (TPSA) is 137 Å². The largest absolute Gasteiger partial charge is 0.418 e. The summed E-state index contributed by atoms with van der Waals surface area (Å²) in [5.74, 6) is -0.262. The van der Waals surface area contributed by atoms with Crippen molar-refractivity contribution in [3.63, 3.8) is 0 Å². The molecular formula is C15H24BN4O7S. The number of nitrogens with one attached hydrogen (secondary N) is 1. The summed E-state index contributed by atoms with van der Waals surface area (Å²) in [6.45, 7) is 1.68. The quantitative estimate of drug-likeness (QED) is 0.326. The third-order valence-corrected chi connectivity index (χ3v) is 5.76. The third kappa shape index (κ3) is 5.02. The van der Waals surface area contributed by atoms with Gasteiger partial charge in [-0.3, -0.25) is 9.35 Å². The first-order valence-electron chi connectivity index (χ1n) is 9.38. The van der Waals surface area contributed by atoms with Gasteiger partial charge in [0.05, 0.1) is 12.2 Å². The van der Waals surface area contributed by atoms with E-state index in [1.807, 2.05) is 4.81 Å². The summed E-state index contributed by atoms with van der Waals surface area (Å²) in [6, 6.07) is -1.95. The molecule has 3 amide bonds. The lowest BCUT2D eigenvalue weighted by Crippen LogP contribution is -2.52. The number of amides is 3. The molecule has 0 aromatic carbocycles. The number of fused-ring (bicyclic) bond motifs is 2. The van der Waals surface area contributed by atoms with E-state index in [0.717, 1.165) is 45.0 Å². The monoisotopic (exact) mass is 415 g/mol. The second-order valence-electron chi connectivity index (χ2n) is 7.32. The van der Waals surface area contributed by atoms with Gasteiger partial charge in [-0.25, -0.2) is 4.79 Å². The Labute approximate surface area is 164 Å². The van der Waals surface area contributed by atoms with Crippen LogP contribution in [0.25, 0.3) is 0 Å². The van der Waals surface area contributed by atoms with Crippen molar-refractivity contribution in [3.8, 4) is 0 Å². The van der Waals surface area contributed by atoms with Gasteiger partial charge in [-0.05, 0) is 51.6 Å². The lowest BCUT2D eigenvalue weighted by atomic mass is 9.91. The Balaban J connectivity index is 1.55. The van der Waals surface area contributed by atoms with Crippen LogP contribution in [0.1, 0.15) is 38.5 Å². The van der Waals surface area contributed by atoms with Gasteiger partial charge in [0.2, 0.25) is 5.91 Å². The Hall–Kier alpha value is -1.70. The molecule has 0 saturated carbocycles. The average molecular weight is 415 g/mol. The first-order chi connectivity index (χ1) is 13.3. The molecule has 155 valence electrons. The van der Waals surface area contributed by atoms with E-state index in [1.54, 1.807) is 0 Å². The predicted molar refractivity (Wildman–Crippen MR) is 97.9 cm³/mol. The molecule has 0 aromatic rings. The SMILES string of the molecule is O=C[B]N1CCCC(NC(=O)[C@@H]2CC[C@@H]3CN2C(=O)N3OS(=O)(=O)O)CCC1. The van der Waals surface area contributed by atoms with Crippen molar-refractivity contribution in [2.45, 2.75) is 56.7 Å². The Morgan fingerprint density at radius 2 is 1.89 bits per heavy atom. The lowest BCUT2D eigenvalue weighted by molar-refractivity contribution is -0.127. The Kier molecular flexibility index (Phi) is 6.58. The van der Waals surface area contributed by atoms with E-state index >= 15 is 0 Å². The fourth-order valence-corrected chi connectivity index (χ4v) is 4.51. The molecule has 0 aromatic heterocycles. The standard InChI is InChI=1S/C15H24BN4O7S/c21-10-16-18-7-1-3-11(4-2-8-18)17-14(22)13-6-5-12-9-19(13)15(23)20(12)27-28(24,25)26/h10-13H,1-9H2,(H,17,22)(H,24,25,26)/t12-,13+/m1/s1. The second kappa shape index (κ2) is 8.76. The molecule has 0 spiro atoms. The minimum Gasteiger partial charge on any atom is -0.352 e. The maximum atomic E-state index is 12.8. The number of carbonyl (C=O) groups is 3. The molecule has 3 heterocycles. The Morgan fingerprint density at radius 1 is 1.21 bits per heavy atom. The summed E-state index contributed by atoms with van der Waals surface area (Å²) >= 11 is 0. The van der Waals surface area contributed by atoms with Crippen LogP contribution in [0.2, 0.25) is 0 Å².